The molecular formula is C48H74N2O4. The van der Waals surface area contributed by atoms with E-state index in [1.165, 1.54) is 128 Å². The molecule has 0 radical (unpaired) electrons. The van der Waals surface area contributed by atoms with Gasteiger partial charge in [0.25, 0.3) is 0 Å². The van der Waals surface area contributed by atoms with E-state index in [1.54, 1.807) is 0 Å². The lowest BCUT2D eigenvalue weighted by Crippen LogP contribution is -2.25. The van der Waals surface area contributed by atoms with Crippen molar-refractivity contribution in [2.24, 2.45) is 0 Å². The molecule has 6 heteroatoms. The van der Waals surface area contributed by atoms with Crippen LogP contribution in [0.4, 0.5) is 11.4 Å². The lowest BCUT2D eigenvalue weighted by atomic mass is 10.1. The Labute approximate surface area is 329 Å². The Hall–Kier alpha value is -3.28. The number of rotatable bonds is 30. The Balaban J connectivity index is 1.45. The zero-order chi connectivity index (χ0) is 38.4. The lowest BCUT2D eigenvalue weighted by molar-refractivity contribution is 0.0960. The Bertz CT molecular complexity index is 1310. The number of unbranched alkanes of at least 4 members (excludes halogenated alkanes) is 20. The highest BCUT2D eigenvalue weighted by molar-refractivity contribution is 6.21. The number of carbonyl (C=O) groups excluding carboxylic acids is 2. The number of carbonyl (C=O) groups is 2. The third kappa shape index (κ3) is 13.5. The molecule has 0 bridgehead atoms. The number of ketones is 2. The molecule has 0 aliphatic carbocycles. The van der Waals surface area contributed by atoms with Crippen LogP contribution in [0.15, 0.2) is 47.9 Å². The molecule has 0 unspecified atom stereocenters. The summed E-state index contributed by atoms with van der Waals surface area (Å²) in [6.45, 7) is 13.0. The van der Waals surface area contributed by atoms with Gasteiger partial charge in [-0.15, -0.1) is 0 Å². The van der Waals surface area contributed by atoms with Crippen LogP contribution in [0.5, 0.6) is 11.5 Å². The molecule has 2 aliphatic heterocycles. The molecule has 300 valence electrons. The Kier molecular flexibility index (Phi) is 20.1. The number of ether oxygens (including phenoxy) is 2. The van der Waals surface area contributed by atoms with E-state index < -0.39 is 0 Å². The monoisotopic (exact) mass is 743 g/mol. The van der Waals surface area contributed by atoms with Gasteiger partial charge in [0.15, 0.2) is 0 Å². The highest BCUT2D eigenvalue weighted by Gasteiger charge is 2.39. The van der Waals surface area contributed by atoms with Gasteiger partial charge in [-0.3, -0.25) is 9.59 Å². The van der Waals surface area contributed by atoms with Gasteiger partial charge >= 0.3 is 0 Å². The molecule has 2 aliphatic rings. The molecule has 2 aromatic rings. The van der Waals surface area contributed by atoms with Gasteiger partial charge in [0.1, 0.15) is 11.5 Å². The first kappa shape index (κ1) is 43.4. The van der Waals surface area contributed by atoms with Gasteiger partial charge in [-0.1, -0.05) is 156 Å². The molecule has 6 nitrogen and oxygen atoms in total. The van der Waals surface area contributed by atoms with Crippen LogP contribution in [0.3, 0.4) is 0 Å². The number of anilines is 2. The highest BCUT2D eigenvalue weighted by atomic mass is 16.5. The van der Waals surface area contributed by atoms with Crippen LogP contribution >= 0.6 is 0 Å². The number of benzene rings is 2. The van der Waals surface area contributed by atoms with Gasteiger partial charge in [-0.05, 0) is 49.9 Å². The van der Waals surface area contributed by atoms with Crippen LogP contribution in [0.1, 0.15) is 203 Å². The maximum atomic E-state index is 13.7. The SMILES string of the molecule is CCCCCCCCN(CCCCCCCC)c1ccc2c(c1)O/C(=C1\Oc3cc(N(CCCCCCCC)CCCCCCCC)ccc3C1=O)C2=O. The molecule has 0 saturated carbocycles. The summed E-state index contributed by atoms with van der Waals surface area (Å²) in [6.07, 6.45) is 30.2. The summed E-state index contributed by atoms with van der Waals surface area (Å²) in [6, 6.07) is 11.9. The molecule has 2 aromatic carbocycles. The van der Waals surface area contributed by atoms with Crippen molar-refractivity contribution in [3.8, 4) is 11.5 Å². The quantitative estimate of drug-likeness (QED) is 0.0587. The summed E-state index contributed by atoms with van der Waals surface area (Å²) < 4.78 is 12.5. The minimum Gasteiger partial charge on any atom is -0.448 e. The summed E-state index contributed by atoms with van der Waals surface area (Å²) in [4.78, 5) is 32.4. The fourth-order valence-corrected chi connectivity index (χ4v) is 7.89. The Morgan fingerprint density at radius 2 is 0.667 bits per heavy atom. The van der Waals surface area contributed by atoms with E-state index in [4.69, 9.17) is 9.47 Å². The summed E-state index contributed by atoms with van der Waals surface area (Å²) in [5.41, 5.74) is 3.16. The van der Waals surface area contributed by atoms with Gasteiger partial charge in [0, 0.05) is 49.7 Å². The Morgan fingerprint density at radius 1 is 0.389 bits per heavy atom. The first-order valence-electron chi connectivity index (χ1n) is 22.5. The van der Waals surface area contributed by atoms with E-state index in [-0.39, 0.29) is 23.1 Å². The van der Waals surface area contributed by atoms with Crippen molar-refractivity contribution in [3.63, 3.8) is 0 Å². The molecule has 0 atom stereocenters. The van der Waals surface area contributed by atoms with Crippen molar-refractivity contribution in [2.45, 2.75) is 182 Å². The highest BCUT2D eigenvalue weighted by Crippen LogP contribution is 2.41. The van der Waals surface area contributed by atoms with Gasteiger partial charge in [-0.25, -0.2) is 0 Å². The van der Waals surface area contributed by atoms with E-state index in [1.807, 2.05) is 24.3 Å². The summed E-state index contributed by atoms with van der Waals surface area (Å²) in [7, 11) is 0. The van der Waals surface area contributed by atoms with E-state index in [2.05, 4.69) is 49.6 Å². The van der Waals surface area contributed by atoms with Crippen molar-refractivity contribution in [3.05, 3.63) is 59.0 Å². The molecule has 0 amide bonds. The second kappa shape index (κ2) is 25.0. The minimum atomic E-state index is -0.279. The standard InChI is InChI=1S/C48H74N2O4/c1-5-9-13-17-21-25-33-49(34-26-22-18-14-10-6-2)39-29-31-41-43(37-39)53-47(45(41)51)48-46(52)42-32-30-40(38-44(42)54-48)50(35-27-23-19-15-11-7-3)36-28-24-20-16-12-8-4/h29-32,37-38H,5-28,33-36H2,1-4H3/b48-47-. The van der Waals surface area contributed by atoms with Gasteiger partial charge in [0.05, 0.1) is 11.1 Å². The molecule has 4 rings (SSSR count). The largest absolute Gasteiger partial charge is 0.448 e. The third-order valence-corrected chi connectivity index (χ3v) is 11.3. The number of fused-ring (bicyclic) bond motifs is 2. The zero-order valence-electron chi connectivity index (χ0n) is 34.8. The van der Waals surface area contributed by atoms with Gasteiger partial charge in [0.2, 0.25) is 23.1 Å². The van der Waals surface area contributed by atoms with Crippen LogP contribution in [0.25, 0.3) is 0 Å². The van der Waals surface area contributed by atoms with Crippen molar-refractivity contribution in [1.82, 2.24) is 0 Å². The smallest absolute Gasteiger partial charge is 0.236 e. The number of hydrogen-bond donors (Lipinski definition) is 0. The van der Waals surface area contributed by atoms with Crippen LogP contribution in [0, 0.1) is 0 Å². The van der Waals surface area contributed by atoms with Crippen LogP contribution in [-0.4, -0.2) is 37.7 Å². The number of hydrogen-bond acceptors (Lipinski definition) is 6. The first-order chi connectivity index (χ1) is 26.5. The molecule has 0 aromatic heterocycles. The fraction of sp³-hybridized carbons (Fsp3) is 0.667. The summed E-state index contributed by atoms with van der Waals surface area (Å²) in [5, 5.41) is 0. The summed E-state index contributed by atoms with van der Waals surface area (Å²) >= 11 is 0. The minimum absolute atomic E-state index is 0.0133. The van der Waals surface area contributed by atoms with Crippen LogP contribution < -0.4 is 19.3 Å². The number of Topliss-reactive ketones (excluding diaryl/α,β-unsaturated/α-hetero) is 2. The van der Waals surface area contributed by atoms with Crippen molar-refractivity contribution >= 4 is 22.9 Å². The predicted octanol–water partition coefficient (Wildman–Crippen LogP) is 13.8. The molecule has 0 N–H and O–H groups in total. The second-order valence-electron chi connectivity index (χ2n) is 15.9. The van der Waals surface area contributed by atoms with E-state index >= 15 is 0 Å². The molecule has 0 saturated heterocycles. The van der Waals surface area contributed by atoms with Crippen LogP contribution in [-0.2, 0) is 0 Å². The van der Waals surface area contributed by atoms with E-state index in [0.29, 0.717) is 22.6 Å². The maximum absolute atomic E-state index is 13.7. The van der Waals surface area contributed by atoms with Crippen LogP contribution in [0.2, 0.25) is 0 Å². The van der Waals surface area contributed by atoms with Gasteiger partial charge in [-0.2, -0.15) is 0 Å². The lowest BCUT2D eigenvalue weighted by Gasteiger charge is -2.25. The molecular weight excluding hydrogens is 669 g/mol. The fourth-order valence-electron chi connectivity index (χ4n) is 7.89. The average molecular weight is 743 g/mol. The normalized spacial score (nSPS) is 14.7. The third-order valence-electron chi connectivity index (χ3n) is 11.3. The van der Waals surface area contributed by atoms with E-state index in [0.717, 1.165) is 63.2 Å². The van der Waals surface area contributed by atoms with Crippen molar-refractivity contribution < 1.29 is 19.1 Å². The molecule has 0 fully saturated rings. The Morgan fingerprint density at radius 3 is 0.963 bits per heavy atom. The zero-order valence-corrected chi connectivity index (χ0v) is 34.8. The first-order valence-corrected chi connectivity index (χ1v) is 22.5. The van der Waals surface area contributed by atoms with Crippen molar-refractivity contribution in [2.75, 3.05) is 36.0 Å². The second-order valence-corrected chi connectivity index (χ2v) is 15.9. The van der Waals surface area contributed by atoms with Crippen molar-refractivity contribution in [1.29, 1.82) is 0 Å². The molecule has 2 heterocycles. The maximum Gasteiger partial charge on any atom is 0.236 e. The molecule has 54 heavy (non-hydrogen) atoms. The number of nitrogens with zero attached hydrogens (tertiary/aromatic N) is 2. The predicted molar refractivity (Wildman–Crippen MR) is 228 cm³/mol. The van der Waals surface area contributed by atoms with Gasteiger partial charge < -0.3 is 19.3 Å². The summed E-state index contributed by atoms with van der Waals surface area (Å²) in [5.74, 6) is 0.512. The average Bonchev–Trinajstić information content (AvgIpc) is 3.69. The molecule has 0 spiro atoms. The van der Waals surface area contributed by atoms with E-state index in [9.17, 15) is 9.59 Å². The topological polar surface area (TPSA) is 59.1 Å². The number of allylic oxidation sites excluding steroid dienone is 2.